The monoisotopic (exact) mass is 302 g/mol. The summed E-state index contributed by atoms with van der Waals surface area (Å²) < 4.78 is 1.78. The van der Waals surface area contributed by atoms with Gasteiger partial charge in [-0.2, -0.15) is 5.10 Å². The number of nitrogens with one attached hydrogen (secondary N) is 2. The normalized spacial score (nSPS) is 17.1. The van der Waals surface area contributed by atoms with E-state index in [1.165, 1.54) is 10.5 Å². The Hall–Kier alpha value is -1.95. The first-order chi connectivity index (χ1) is 10.3. The van der Waals surface area contributed by atoms with E-state index in [-0.39, 0.29) is 12.1 Å². The van der Waals surface area contributed by atoms with Crippen LogP contribution in [0.3, 0.4) is 0 Å². The van der Waals surface area contributed by atoms with Gasteiger partial charge in [-0.25, -0.2) is 4.79 Å². The van der Waals surface area contributed by atoms with Crippen molar-refractivity contribution in [1.29, 1.82) is 0 Å². The van der Waals surface area contributed by atoms with Crippen molar-refractivity contribution in [3.8, 4) is 0 Å². The Morgan fingerprint density at radius 2 is 2.33 bits per heavy atom. The molecule has 2 amide bonds. The van der Waals surface area contributed by atoms with E-state index in [2.05, 4.69) is 27.9 Å². The van der Waals surface area contributed by atoms with Crippen LogP contribution in [0.5, 0.6) is 0 Å². The maximum atomic E-state index is 12.1. The Bertz CT molecular complexity index is 640. The van der Waals surface area contributed by atoms with Gasteiger partial charge in [0.1, 0.15) is 0 Å². The predicted molar refractivity (Wildman–Crippen MR) is 84.6 cm³/mol. The molecule has 0 saturated heterocycles. The fourth-order valence-electron chi connectivity index (χ4n) is 2.42. The number of anilines is 1. The number of rotatable bonds is 3. The van der Waals surface area contributed by atoms with Gasteiger partial charge >= 0.3 is 6.03 Å². The minimum atomic E-state index is -0.183. The molecular formula is C15H18N4OS. The quantitative estimate of drug-likeness (QED) is 0.915. The zero-order valence-corrected chi connectivity index (χ0v) is 12.7. The Morgan fingerprint density at radius 3 is 3.14 bits per heavy atom. The highest BCUT2D eigenvalue weighted by atomic mass is 32.2. The van der Waals surface area contributed by atoms with Crippen LogP contribution in [-0.2, 0) is 6.54 Å². The van der Waals surface area contributed by atoms with Crippen molar-refractivity contribution >= 4 is 23.5 Å². The molecule has 6 heteroatoms. The molecule has 5 nitrogen and oxygen atoms in total. The summed E-state index contributed by atoms with van der Waals surface area (Å²) in [6.45, 7) is 2.80. The van der Waals surface area contributed by atoms with Crippen LogP contribution in [0.25, 0.3) is 0 Å². The van der Waals surface area contributed by atoms with E-state index < -0.39 is 0 Å². The van der Waals surface area contributed by atoms with Crippen LogP contribution in [-0.4, -0.2) is 21.6 Å². The topological polar surface area (TPSA) is 59.0 Å². The first kappa shape index (κ1) is 14.0. The van der Waals surface area contributed by atoms with E-state index in [1.54, 1.807) is 10.9 Å². The average molecular weight is 302 g/mol. The minimum Gasteiger partial charge on any atom is -0.331 e. The van der Waals surface area contributed by atoms with E-state index in [4.69, 9.17) is 0 Å². The Kier molecular flexibility index (Phi) is 4.15. The van der Waals surface area contributed by atoms with E-state index in [9.17, 15) is 4.79 Å². The molecule has 0 bridgehead atoms. The molecule has 2 N–H and O–H groups in total. The van der Waals surface area contributed by atoms with E-state index >= 15 is 0 Å². The highest BCUT2D eigenvalue weighted by Crippen LogP contribution is 2.35. The van der Waals surface area contributed by atoms with E-state index in [0.717, 1.165) is 18.7 Å². The number of carbonyl (C=O) groups excluding carboxylic acids is 1. The summed E-state index contributed by atoms with van der Waals surface area (Å²) in [6.07, 6.45) is 4.43. The van der Waals surface area contributed by atoms with Crippen LogP contribution in [0.15, 0.2) is 41.6 Å². The summed E-state index contributed by atoms with van der Waals surface area (Å²) >= 11 is 1.84. The molecule has 0 unspecified atom stereocenters. The summed E-state index contributed by atoms with van der Waals surface area (Å²) in [5.41, 5.74) is 1.92. The maximum absolute atomic E-state index is 12.1. The van der Waals surface area contributed by atoms with E-state index in [1.807, 2.05) is 37.0 Å². The third-order valence-corrected chi connectivity index (χ3v) is 4.60. The van der Waals surface area contributed by atoms with Crippen LogP contribution >= 0.6 is 11.8 Å². The molecule has 0 fully saturated rings. The molecule has 0 radical (unpaired) electrons. The number of carbonyl (C=O) groups is 1. The summed E-state index contributed by atoms with van der Waals surface area (Å²) in [6, 6.07) is 8.13. The molecule has 2 aromatic rings. The second-order valence-corrected chi connectivity index (χ2v) is 6.05. The summed E-state index contributed by atoms with van der Waals surface area (Å²) in [7, 11) is 0. The maximum Gasteiger partial charge on any atom is 0.319 e. The highest BCUT2D eigenvalue weighted by Gasteiger charge is 2.21. The average Bonchev–Trinajstić information content (AvgIpc) is 2.95. The highest BCUT2D eigenvalue weighted by molar-refractivity contribution is 7.99. The zero-order valence-electron chi connectivity index (χ0n) is 11.9. The van der Waals surface area contributed by atoms with Gasteiger partial charge in [-0.3, -0.25) is 4.68 Å². The third kappa shape index (κ3) is 3.21. The number of hydrogen-bond acceptors (Lipinski definition) is 3. The standard InChI is InChI=1S/C15H18N4OS/c1-2-19-10-11(9-16-19)17-15(20)18-13-7-8-21-14-6-4-3-5-12(13)14/h3-6,9-10,13H,2,7-8H2,1H3,(H2,17,18,20)/t13-/m1/s1. The van der Waals surface area contributed by atoms with Crippen molar-refractivity contribution in [2.75, 3.05) is 11.1 Å². The molecule has 110 valence electrons. The second-order valence-electron chi connectivity index (χ2n) is 4.91. The van der Waals surface area contributed by atoms with Gasteiger partial charge in [-0.1, -0.05) is 18.2 Å². The Morgan fingerprint density at radius 1 is 1.48 bits per heavy atom. The molecule has 0 spiro atoms. The number of hydrogen-bond donors (Lipinski definition) is 2. The van der Waals surface area contributed by atoms with Crippen LogP contribution in [0.1, 0.15) is 24.9 Å². The molecule has 1 aromatic carbocycles. The van der Waals surface area contributed by atoms with Gasteiger partial charge < -0.3 is 10.6 Å². The lowest BCUT2D eigenvalue weighted by Gasteiger charge is -2.25. The number of benzene rings is 1. The van der Waals surface area contributed by atoms with Crippen molar-refractivity contribution < 1.29 is 4.79 Å². The number of thioether (sulfide) groups is 1. The van der Waals surface area contributed by atoms with Crippen molar-refractivity contribution in [3.63, 3.8) is 0 Å². The van der Waals surface area contributed by atoms with Crippen molar-refractivity contribution in [2.24, 2.45) is 0 Å². The zero-order chi connectivity index (χ0) is 14.7. The first-order valence-electron chi connectivity index (χ1n) is 7.08. The van der Waals surface area contributed by atoms with Crippen molar-refractivity contribution in [1.82, 2.24) is 15.1 Å². The van der Waals surface area contributed by atoms with Gasteiger partial charge in [-0.05, 0) is 25.0 Å². The summed E-state index contributed by atoms with van der Waals surface area (Å²) in [4.78, 5) is 13.4. The molecule has 3 rings (SSSR count). The number of nitrogens with zero attached hydrogens (tertiary/aromatic N) is 2. The van der Waals surface area contributed by atoms with Gasteiger partial charge in [0.05, 0.1) is 17.9 Å². The molecule has 0 aliphatic carbocycles. The van der Waals surface area contributed by atoms with Crippen molar-refractivity contribution in [3.05, 3.63) is 42.2 Å². The van der Waals surface area contributed by atoms with Gasteiger partial charge in [0.15, 0.2) is 0 Å². The lowest BCUT2D eigenvalue weighted by molar-refractivity contribution is 0.248. The lowest BCUT2D eigenvalue weighted by atomic mass is 10.0. The van der Waals surface area contributed by atoms with Gasteiger partial charge in [0.25, 0.3) is 0 Å². The molecule has 21 heavy (non-hydrogen) atoms. The molecule has 1 aromatic heterocycles. The van der Waals surface area contributed by atoms with Crippen LogP contribution in [0, 0.1) is 0 Å². The molecule has 1 aliphatic rings. The molecule has 2 heterocycles. The number of aromatic nitrogens is 2. The summed E-state index contributed by atoms with van der Waals surface area (Å²) in [5.74, 6) is 1.02. The Balaban J connectivity index is 1.65. The Labute approximate surface area is 128 Å². The summed E-state index contributed by atoms with van der Waals surface area (Å²) in [5, 5.41) is 10.0. The SMILES string of the molecule is CCn1cc(NC(=O)N[C@@H]2CCSc3ccccc32)cn1. The molecular weight excluding hydrogens is 284 g/mol. The van der Waals surface area contributed by atoms with Crippen LogP contribution in [0.2, 0.25) is 0 Å². The van der Waals surface area contributed by atoms with Crippen molar-refractivity contribution in [2.45, 2.75) is 30.8 Å². The number of aryl methyl sites for hydroxylation is 1. The second kappa shape index (κ2) is 6.22. The predicted octanol–water partition coefficient (Wildman–Crippen LogP) is 3.26. The van der Waals surface area contributed by atoms with Crippen LogP contribution in [0.4, 0.5) is 10.5 Å². The largest absolute Gasteiger partial charge is 0.331 e. The fourth-order valence-corrected chi connectivity index (χ4v) is 3.54. The fraction of sp³-hybridized carbons (Fsp3) is 0.333. The molecule has 1 aliphatic heterocycles. The molecule has 1 atom stereocenters. The number of amides is 2. The van der Waals surface area contributed by atoms with Gasteiger partial charge in [-0.15, -0.1) is 11.8 Å². The van der Waals surface area contributed by atoms with Crippen LogP contribution < -0.4 is 10.6 Å². The van der Waals surface area contributed by atoms with E-state index in [0.29, 0.717) is 5.69 Å². The smallest absolute Gasteiger partial charge is 0.319 e. The number of urea groups is 1. The van der Waals surface area contributed by atoms with Gasteiger partial charge in [0.2, 0.25) is 0 Å². The third-order valence-electron chi connectivity index (χ3n) is 3.48. The molecule has 0 saturated carbocycles. The minimum absolute atomic E-state index is 0.0728. The number of fused-ring (bicyclic) bond motifs is 1. The van der Waals surface area contributed by atoms with Gasteiger partial charge in [0, 0.05) is 23.4 Å². The lowest BCUT2D eigenvalue weighted by Crippen LogP contribution is -2.34. The first-order valence-corrected chi connectivity index (χ1v) is 8.06.